The maximum Gasteiger partial charge on any atom is 0.0866 e. The van der Waals surface area contributed by atoms with Crippen molar-refractivity contribution in [3.05, 3.63) is 0 Å². The van der Waals surface area contributed by atoms with Gasteiger partial charge in [0.05, 0.1) is 24.1 Å². The van der Waals surface area contributed by atoms with Crippen LogP contribution in [0.15, 0.2) is 0 Å². The van der Waals surface area contributed by atoms with Crippen LogP contribution >= 0.6 is 0 Å². The first kappa shape index (κ1) is 9.03. The van der Waals surface area contributed by atoms with Crippen molar-refractivity contribution in [3.8, 4) is 12.1 Å². The van der Waals surface area contributed by atoms with E-state index in [-0.39, 0.29) is 5.41 Å². The number of nitriles is 2. The summed E-state index contributed by atoms with van der Waals surface area (Å²) >= 11 is 0. The van der Waals surface area contributed by atoms with Gasteiger partial charge in [-0.05, 0) is 19.8 Å². The largest absolute Gasteiger partial charge is 0.290 e. The molecule has 0 spiro atoms. The molecule has 3 nitrogen and oxygen atoms in total. The summed E-state index contributed by atoms with van der Waals surface area (Å²) in [5.41, 5.74) is -0.147. The molecule has 0 aromatic heterocycles. The molecule has 0 radical (unpaired) electrons. The van der Waals surface area contributed by atoms with Crippen molar-refractivity contribution in [1.82, 2.24) is 4.90 Å². The minimum absolute atomic E-state index is 0.147. The second-order valence-electron chi connectivity index (χ2n) is 3.61. The molecule has 64 valence electrons. The van der Waals surface area contributed by atoms with Gasteiger partial charge in [-0.2, -0.15) is 10.5 Å². The van der Waals surface area contributed by atoms with Crippen molar-refractivity contribution in [3.63, 3.8) is 0 Å². The van der Waals surface area contributed by atoms with E-state index in [1.165, 1.54) is 0 Å². The molecule has 1 fully saturated rings. The average Bonchev–Trinajstić information content (AvgIpc) is 2.10. The van der Waals surface area contributed by atoms with E-state index >= 15 is 0 Å². The second-order valence-corrected chi connectivity index (χ2v) is 3.61. The molecule has 0 amide bonds. The Balaban J connectivity index is 2.41. The van der Waals surface area contributed by atoms with E-state index in [0.717, 1.165) is 25.9 Å². The first-order chi connectivity index (χ1) is 5.70. The van der Waals surface area contributed by atoms with Crippen LogP contribution in [0.3, 0.4) is 0 Å². The van der Waals surface area contributed by atoms with Gasteiger partial charge in [-0.25, -0.2) is 0 Å². The maximum atomic E-state index is 8.83. The van der Waals surface area contributed by atoms with E-state index in [1.807, 2.05) is 6.92 Å². The fraction of sp³-hybridized carbons (Fsp3) is 0.778. The summed E-state index contributed by atoms with van der Waals surface area (Å²) < 4.78 is 0. The topological polar surface area (TPSA) is 50.8 Å². The molecular formula is C9H13N3. The molecule has 0 aromatic rings. The lowest BCUT2D eigenvalue weighted by atomic mass is 9.82. The van der Waals surface area contributed by atoms with Crippen LogP contribution in [0, 0.1) is 28.1 Å². The van der Waals surface area contributed by atoms with Crippen molar-refractivity contribution in [2.24, 2.45) is 5.41 Å². The third-order valence-corrected chi connectivity index (χ3v) is 2.52. The zero-order valence-corrected chi connectivity index (χ0v) is 7.38. The molecule has 1 heterocycles. The lowest BCUT2D eigenvalue weighted by molar-refractivity contribution is 0.172. The lowest BCUT2D eigenvalue weighted by Crippen LogP contribution is -2.38. The molecule has 0 aliphatic carbocycles. The summed E-state index contributed by atoms with van der Waals surface area (Å²) in [6, 6.07) is 4.46. The molecular weight excluding hydrogens is 150 g/mol. The SMILES string of the molecule is CC1(C#N)CCN(CC#N)CC1. The average molecular weight is 163 g/mol. The van der Waals surface area contributed by atoms with Gasteiger partial charge in [-0.1, -0.05) is 0 Å². The van der Waals surface area contributed by atoms with E-state index in [4.69, 9.17) is 10.5 Å². The van der Waals surface area contributed by atoms with Crippen LogP contribution in [0.1, 0.15) is 19.8 Å². The Morgan fingerprint density at radius 1 is 1.33 bits per heavy atom. The number of likely N-dealkylation sites (tertiary alicyclic amines) is 1. The summed E-state index contributed by atoms with van der Waals surface area (Å²) in [5, 5.41) is 17.3. The van der Waals surface area contributed by atoms with Crippen molar-refractivity contribution >= 4 is 0 Å². The highest BCUT2D eigenvalue weighted by atomic mass is 15.1. The zero-order chi connectivity index (χ0) is 9.03. The Labute approximate surface area is 73.2 Å². The molecule has 0 aromatic carbocycles. The van der Waals surface area contributed by atoms with Gasteiger partial charge in [-0.3, -0.25) is 4.90 Å². The molecule has 1 saturated heterocycles. The van der Waals surface area contributed by atoms with Crippen molar-refractivity contribution in [2.75, 3.05) is 19.6 Å². The minimum atomic E-state index is -0.147. The lowest BCUT2D eigenvalue weighted by Gasteiger charge is -2.33. The highest BCUT2D eigenvalue weighted by Gasteiger charge is 2.29. The number of rotatable bonds is 1. The van der Waals surface area contributed by atoms with Gasteiger partial charge in [0, 0.05) is 13.1 Å². The van der Waals surface area contributed by atoms with Gasteiger partial charge in [0.25, 0.3) is 0 Å². The van der Waals surface area contributed by atoms with Crippen molar-refractivity contribution in [1.29, 1.82) is 10.5 Å². The fourth-order valence-corrected chi connectivity index (χ4v) is 1.42. The van der Waals surface area contributed by atoms with E-state index in [0.29, 0.717) is 6.54 Å². The smallest absolute Gasteiger partial charge is 0.0866 e. The van der Waals surface area contributed by atoms with Gasteiger partial charge in [0.2, 0.25) is 0 Å². The normalized spacial score (nSPS) is 22.6. The molecule has 12 heavy (non-hydrogen) atoms. The molecule has 0 saturated carbocycles. The summed E-state index contributed by atoms with van der Waals surface area (Å²) in [6.07, 6.45) is 1.79. The van der Waals surface area contributed by atoms with Crippen LogP contribution in [0.5, 0.6) is 0 Å². The summed E-state index contributed by atoms with van der Waals surface area (Å²) in [7, 11) is 0. The van der Waals surface area contributed by atoms with Crippen molar-refractivity contribution < 1.29 is 0 Å². The van der Waals surface area contributed by atoms with Crippen molar-refractivity contribution in [2.45, 2.75) is 19.8 Å². The molecule has 0 bridgehead atoms. The van der Waals surface area contributed by atoms with Gasteiger partial charge in [0.1, 0.15) is 0 Å². The summed E-state index contributed by atoms with van der Waals surface area (Å²) in [4.78, 5) is 2.10. The van der Waals surface area contributed by atoms with E-state index < -0.39 is 0 Å². The van der Waals surface area contributed by atoms with Crippen LogP contribution < -0.4 is 0 Å². The minimum Gasteiger partial charge on any atom is -0.290 e. The van der Waals surface area contributed by atoms with Gasteiger partial charge in [-0.15, -0.1) is 0 Å². The first-order valence-corrected chi connectivity index (χ1v) is 4.21. The molecule has 0 atom stereocenters. The zero-order valence-electron chi connectivity index (χ0n) is 7.38. The predicted molar refractivity (Wildman–Crippen MR) is 45.0 cm³/mol. The monoisotopic (exact) mass is 163 g/mol. The van der Waals surface area contributed by atoms with Gasteiger partial charge in [0.15, 0.2) is 0 Å². The third-order valence-electron chi connectivity index (χ3n) is 2.52. The second kappa shape index (κ2) is 3.56. The maximum absolute atomic E-state index is 8.83. The van der Waals surface area contributed by atoms with Crippen LogP contribution in [-0.4, -0.2) is 24.5 Å². The number of hydrogen-bond acceptors (Lipinski definition) is 3. The van der Waals surface area contributed by atoms with Crippen LogP contribution in [-0.2, 0) is 0 Å². The molecule has 1 aliphatic heterocycles. The molecule has 1 aliphatic rings. The Kier molecular flexibility index (Phi) is 2.68. The quantitative estimate of drug-likeness (QED) is 0.544. The summed E-state index contributed by atoms with van der Waals surface area (Å²) in [6.45, 7) is 4.27. The highest BCUT2D eigenvalue weighted by molar-refractivity contribution is 4.99. The number of piperidine rings is 1. The Morgan fingerprint density at radius 3 is 2.33 bits per heavy atom. The fourth-order valence-electron chi connectivity index (χ4n) is 1.42. The third kappa shape index (κ3) is 1.96. The standard InChI is InChI=1S/C9H13N3/c1-9(8-11)2-5-12(6-3-9)7-4-10/h2-3,5-7H2,1H3. The predicted octanol–water partition coefficient (Wildman–Crippen LogP) is 1.14. The van der Waals surface area contributed by atoms with E-state index in [1.54, 1.807) is 0 Å². The van der Waals surface area contributed by atoms with Gasteiger partial charge < -0.3 is 0 Å². The molecule has 0 N–H and O–H groups in total. The Bertz CT molecular complexity index is 225. The van der Waals surface area contributed by atoms with Crippen LogP contribution in [0.4, 0.5) is 0 Å². The highest BCUT2D eigenvalue weighted by Crippen LogP contribution is 2.29. The Morgan fingerprint density at radius 2 is 1.92 bits per heavy atom. The van der Waals surface area contributed by atoms with E-state index in [9.17, 15) is 0 Å². The molecule has 0 unspecified atom stereocenters. The van der Waals surface area contributed by atoms with Crippen LogP contribution in [0.25, 0.3) is 0 Å². The number of nitrogens with zero attached hydrogens (tertiary/aromatic N) is 3. The number of hydrogen-bond donors (Lipinski definition) is 0. The van der Waals surface area contributed by atoms with E-state index in [2.05, 4.69) is 17.0 Å². The summed E-state index contributed by atoms with van der Waals surface area (Å²) in [5.74, 6) is 0. The van der Waals surface area contributed by atoms with Crippen LogP contribution in [0.2, 0.25) is 0 Å². The molecule has 3 heteroatoms. The first-order valence-electron chi connectivity index (χ1n) is 4.21. The molecule has 1 rings (SSSR count). The Hall–Kier alpha value is -1.06. The van der Waals surface area contributed by atoms with Gasteiger partial charge >= 0.3 is 0 Å².